The first kappa shape index (κ1) is 12.2. The van der Waals surface area contributed by atoms with Crippen LogP contribution < -0.4 is 16.0 Å². The molecule has 2 amide bonds. The molecular weight excluding hydrogens is 242 g/mol. The van der Waals surface area contributed by atoms with E-state index < -0.39 is 5.54 Å². The quantitative estimate of drug-likeness (QED) is 0.832. The number of carbonyl (C=O) groups is 2. The van der Waals surface area contributed by atoms with E-state index in [1.165, 1.54) is 0 Å². The first-order valence-corrected chi connectivity index (χ1v) is 6.49. The Balaban J connectivity index is 1.86. The van der Waals surface area contributed by atoms with Crippen molar-refractivity contribution in [1.29, 1.82) is 0 Å². The highest BCUT2D eigenvalue weighted by Gasteiger charge is 2.47. The highest BCUT2D eigenvalue weighted by atomic mass is 16.2. The van der Waals surface area contributed by atoms with Crippen molar-refractivity contribution >= 4 is 23.2 Å². The van der Waals surface area contributed by atoms with Gasteiger partial charge in [0.2, 0.25) is 11.8 Å². The van der Waals surface area contributed by atoms with Gasteiger partial charge < -0.3 is 16.0 Å². The first-order chi connectivity index (χ1) is 8.99. The van der Waals surface area contributed by atoms with Gasteiger partial charge in [-0.05, 0) is 43.0 Å². The second-order valence-corrected chi connectivity index (χ2v) is 5.41. The number of nitrogens with two attached hydrogens (primary N) is 1. The summed E-state index contributed by atoms with van der Waals surface area (Å²) < 4.78 is 0. The summed E-state index contributed by atoms with van der Waals surface area (Å²) in [7, 11) is 1.75. The summed E-state index contributed by atoms with van der Waals surface area (Å²) in [4.78, 5) is 25.1. The molecule has 0 bridgehead atoms. The van der Waals surface area contributed by atoms with E-state index in [2.05, 4.69) is 5.32 Å². The maximum absolute atomic E-state index is 12.2. The largest absolute Gasteiger partial charge is 0.326 e. The first-order valence-electron chi connectivity index (χ1n) is 6.49. The third-order valence-electron chi connectivity index (χ3n) is 3.89. The third-order valence-corrected chi connectivity index (χ3v) is 3.89. The minimum Gasteiger partial charge on any atom is -0.326 e. The summed E-state index contributed by atoms with van der Waals surface area (Å²) >= 11 is 0. The van der Waals surface area contributed by atoms with Crippen molar-refractivity contribution in [2.24, 2.45) is 5.73 Å². The van der Waals surface area contributed by atoms with Crippen LogP contribution in [0.1, 0.15) is 24.8 Å². The molecule has 1 aliphatic carbocycles. The van der Waals surface area contributed by atoms with Crippen LogP contribution >= 0.6 is 0 Å². The molecule has 1 aromatic rings. The molecule has 19 heavy (non-hydrogen) atoms. The standard InChI is InChI=1S/C14H17N3O2/c1-17(13(19)14(15)6-7-14)10-3-4-11-9(8-10)2-5-12(18)16-11/h3-4,8H,2,5-7,15H2,1H3,(H,16,18). The zero-order valence-corrected chi connectivity index (χ0v) is 10.9. The summed E-state index contributed by atoms with van der Waals surface area (Å²) in [6.07, 6.45) is 2.73. The molecule has 1 aliphatic heterocycles. The maximum atomic E-state index is 12.2. The minimum atomic E-state index is -0.654. The van der Waals surface area contributed by atoms with Crippen LogP contribution in [0.2, 0.25) is 0 Å². The molecule has 1 saturated carbocycles. The lowest BCUT2D eigenvalue weighted by Crippen LogP contribution is -2.44. The van der Waals surface area contributed by atoms with Gasteiger partial charge in [0.15, 0.2) is 0 Å². The van der Waals surface area contributed by atoms with E-state index >= 15 is 0 Å². The van der Waals surface area contributed by atoms with E-state index in [-0.39, 0.29) is 11.8 Å². The van der Waals surface area contributed by atoms with Crippen molar-refractivity contribution in [1.82, 2.24) is 0 Å². The fraction of sp³-hybridized carbons (Fsp3) is 0.429. The Hall–Kier alpha value is -1.88. The topological polar surface area (TPSA) is 75.4 Å². The lowest BCUT2D eigenvalue weighted by atomic mass is 10.0. The van der Waals surface area contributed by atoms with Gasteiger partial charge in [0, 0.05) is 24.8 Å². The summed E-state index contributed by atoms with van der Waals surface area (Å²) in [5.41, 5.74) is 8.02. The van der Waals surface area contributed by atoms with Crippen molar-refractivity contribution in [2.75, 3.05) is 17.3 Å². The van der Waals surface area contributed by atoms with E-state index in [1.807, 2.05) is 18.2 Å². The molecule has 1 aromatic carbocycles. The van der Waals surface area contributed by atoms with Gasteiger partial charge in [0.1, 0.15) is 0 Å². The van der Waals surface area contributed by atoms with Gasteiger partial charge in [-0.3, -0.25) is 9.59 Å². The van der Waals surface area contributed by atoms with E-state index in [9.17, 15) is 9.59 Å². The predicted octanol–water partition coefficient (Wildman–Crippen LogP) is 1.03. The van der Waals surface area contributed by atoms with Crippen LogP contribution in [0.15, 0.2) is 18.2 Å². The van der Waals surface area contributed by atoms with Gasteiger partial charge in [0.25, 0.3) is 0 Å². The van der Waals surface area contributed by atoms with Crippen LogP contribution in [0, 0.1) is 0 Å². The Kier molecular flexibility index (Phi) is 2.60. The molecule has 0 atom stereocenters. The number of anilines is 2. The van der Waals surface area contributed by atoms with Crippen molar-refractivity contribution in [2.45, 2.75) is 31.2 Å². The van der Waals surface area contributed by atoms with Crippen LogP contribution in [-0.4, -0.2) is 24.4 Å². The van der Waals surface area contributed by atoms with Crippen LogP contribution in [0.4, 0.5) is 11.4 Å². The fourth-order valence-corrected chi connectivity index (χ4v) is 2.38. The average molecular weight is 259 g/mol. The van der Waals surface area contributed by atoms with Crippen molar-refractivity contribution < 1.29 is 9.59 Å². The minimum absolute atomic E-state index is 0.0349. The highest BCUT2D eigenvalue weighted by Crippen LogP contribution is 2.36. The van der Waals surface area contributed by atoms with Gasteiger partial charge in [-0.2, -0.15) is 0 Å². The summed E-state index contributed by atoms with van der Waals surface area (Å²) in [5.74, 6) is 0.0101. The number of amides is 2. The molecule has 5 heteroatoms. The summed E-state index contributed by atoms with van der Waals surface area (Å²) in [5, 5.41) is 2.83. The monoisotopic (exact) mass is 259 g/mol. The fourth-order valence-electron chi connectivity index (χ4n) is 2.38. The molecule has 5 nitrogen and oxygen atoms in total. The molecule has 100 valence electrons. The number of likely N-dealkylation sites (N-methyl/N-ethyl adjacent to an activating group) is 1. The van der Waals surface area contributed by atoms with E-state index in [0.29, 0.717) is 12.8 Å². The van der Waals surface area contributed by atoms with E-state index in [4.69, 9.17) is 5.73 Å². The maximum Gasteiger partial charge on any atom is 0.246 e. The molecule has 0 radical (unpaired) electrons. The summed E-state index contributed by atoms with van der Waals surface area (Å²) in [6, 6.07) is 5.65. The van der Waals surface area contributed by atoms with Crippen LogP contribution in [0.3, 0.4) is 0 Å². The molecule has 0 spiro atoms. The zero-order chi connectivity index (χ0) is 13.6. The molecule has 0 aromatic heterocycles. The second-order valence-electron chi connectivity index (χ2n) is 5.41. The number of hydrogen-bond acceptors (Lipinski definition) is 3. The predicted molar refractivity (Wildman–Crippen MR) is 73.0 cm³/mol. The second kappa shape index (κ2) is 4.06. The number of benzene rings is 1. The van der Waals surface area contributed by atoms with Gasteiger partial charge in [0.05, 0.1) is 5.54 Å². The Bertz CT molecular complexity index is 564. The molecule has 3 rings (SSSR count). The molecule has 3 N–H and O–H groups in total. The molecule has 1 fully saturated rings. The Morgan fingerprint density at radius 2 is 2.11 bits per heavy atom. The molecule has 2 aliphatic rings. The average Bonchev–Trinajstić information content (AvgIpc) is 3.15. The molecule has 1 heterocycles. The number of carbonyl (C=O) groups excluding carboxylic acids is 2. The SMILES string of the molecule is CN(C(=O)C1(N)CC1)c1ccc2c(c1)CCC(=O)N2. The molecule has 0 unspecified atom stereocenters. The summed E-state index contributed by atoms with van der Waals surface area (Å²) in [6.45, 7) is 0. The lowest BCUT2D eigenvalue weighted by Gasteiger charge is -2.24. The van der Waals surface area contributed by atoms with E-state index in [1.54, 1.807) is 11.9 Å². The van der Waals surface area contributed by atoms with Gasteiger partial charge in [-0.1, -0.05) is 0 Å². The number of nitrogens with one attached hydrogen (secondary N) is 1. The molecular formula is C14H17N3O2. The number of nitrogens with zero attached hydrogens (tertiary/aromatic N) is 1. The molecule has 0 saturated heterocycles. The Labute approximate surface area is 111 Å². The smallest absolute Gasteiger partial charge is 0.246 e. The number of fused-ring (bicyclic) bond motifs is 1. The van der Waals surface area contributed by atoms with Gasteiger partial charge >= 0.3 is 0 Å². The Morgan fingerprint density at radius 3 is 2.79 bits per heavy atom. The Morgan fingerprint density at radius 1 is 1.37 bits per heavy atom. The third kappa shape index (κ3) is 2.10. The number of hydrogen-bond donors (Lipinski definition) is 2. The van der Waals surface area contributed by atoms with Crippen molar-refractivity contribution in [3.05, 3.63) is 23.8 Å². The van der Waals surface area contributed by atoms with Crippen LogP contribution in [0.25, 0.3) is 0 Å². The van der Waals surface area contributed by atoms with Gasteiger partial charge in [-0.25, -0.2) is 0 Å². The van der Waals surface area contributed by atoms with Crippen molar-refractivity contribution in [3.8, 4) is 0 Å². The van der Waals surface area contributed by atoms with Crippen LogP contribution in [-0.2, 0) is 16.0 Å². The number of rotatable bonds is 2. The van der Waals surface area contributed by atoms with Gasteiger partial charge in [-0.15, -0.1) is 0 Å². The normalized spacial score (nSPS) is 19.4. The highest BCUT2D eigenvalue weighted by molar-refractivity contribution is 6.02. The van der Waals surface area contributed by atoms with Crippen molar-refractivity contribution in [3.63, 3.8) is 0 Å². The lowest BCUT2D eigenvalue weighted by molar-refractivity contribution is -0.120. The van der Waals surface area contributed by atoms with E-state index in [0.717, 1.165) is 29.8 Å². The number of aryl methyl sites for hydroxylation is 1. The van der Waals surface area contributed by atoms with Crippen LogP contribution in [0.5, 0.6) is 0 Å². The zero-order valence-electron chi connectivity index (χ0n) is 10.9.